The third kappa shape index (κ3) is 9.61. The van der Waals surface area contributed by atoms with E-state index < -0.39 is 0 Å². The van der Waals surface area contributed by atoms with Gasteiger partial charge in [-0.1, -0.05) is 257 Å². The lowest BCUT2D eigenvalue weighted by Crippen LogP contribution is -2.16. The minimum absolute atomic E-state index is 0.167. The molecule has 0 fully saturated rings. The highest BCUT2D eigenvalue weighted by Gasteiger charge is 2.36. The maximum atomic E-state index is 2.44. The van der Waals surface area contributed by atoms with E-state index >= 15 is 0 Å². The summed E-state index contributed by atoms with van der Waals surface area (Å²) in [4.78, 5) is 4.75. The summed E-state index contributed by atoms with van der Waals surface area (Å²) in [6.07, 6.45) is 0. The summed E-state index contributed by atoms with van der Waals surface area (Å²) in [6, 6.07) is 120. The van der Waals surface area contributed by atoms with E-state index in [2.05, 4.69) is 351 Å². The van der Waals surface area contributed by atoms with E-state index in [1.54, 1.807) is 0 Å². The Labute approximate surface area is 488 Å². The largest absolute Gasteiger partial charge is 0.311 e. The molecule has 0 aliphatic heterocycles. The molecule has 0 unspecified atom stereocenters. The molecule has 1 aliphatic rings. The fourth-order valence-electron chi connectivity index (χ4n) is 12.6. The Hall–Kier alpha value is -10.5. The van der Waals surface area contributed by atoms with Crippen LogP contribution in [0.15, 0.2) is 328 Å². The summed E-state index contributed by atoms with van der Waals surface area (Å²) in [6.45, 7) is 4.73. The summed E-state index contributed by atoms with van der Waals surface area (Å²) < 4.78 is 0. The number of anilines is 6. The number of hydrogen-bond donors (Lipinski definition) is 0. The van der Waals surface area contributed by atoms with Gasteiger partial charge in [0, 0.05) is 39.5 Å². The topological polar surface area (TPSA) is 6.48 Å². The first-order valence-electron chi connectivity index (χ1n) is 28.7. The number of nitrogens with zero attached hydrogens (tertiary/aromatic N) is 2. The van der Waals surface area contributed by atoms with Gasteiger partial charge in [-0.15, -0.1) is 0 Å². The second-order valence-electron chi connectivity index (χ2n) is 22.0. The molecule has 394 valence electrons. The van der Waals surface area contributed by atoms with Crippen LogP contribution in [0.1, 0.15) is 25.0 Å². The predicted octanol–water partition coefficient (Wildman–Crippen LogP) is 22.6. The van der Waals surface area contributed by atoms with E-state index in [1.807, 2.05) is 0 Å². The third-order valence-corrected chi connectivity index (χ3v) is 16.7. The van der Waals surface area contributed by atoms with Crippen molar-refractivity contribution in [3.05, 3.63) is 339 Å². The van der Waals surface area contributed by atoms with Crippen molar-refractivity contribution in [1.29, 1.82) is 0 Å². The fourth-order valence-corrected chi connectivity index (χ4v) is 12.6. The van der Waals surface area contributed by atoms with E-state index in [0.717, 1.165) is 61.9 Å². The molecule has 2 nitrogen and oxygen atoms in total. The molecule has 13 aromatic carbocycles. The zero-order valence-electron chi connectivity index (χ0n) is 46.6. The molecule has 13 aromatic rings. The van der Waals surface area contributed by atoms with Crippen molar-refractivity contribution in [1.82, 2.24) is 0 Å². The first-order valence-corrected chi connectivity index (χ1v) is 28.7. The van der Waals surface area contributed by atoms with Gasteiger partial charge in [0.15, 0.2) is 0 Å². The van der Waals surface area contributed by atoms with Crippen LogP contribution in [-0.4, -0.2) is 0 Å². The molecule has 0 amide bonds. The van der Waals surface area contributed by atoms with E-state index in [0.29, 0.717) is 0 Å². The summed E-state index contributed by atoms with van der Waals surface area (Å²) in [5.41, 5.74) is 28.2. The highest BCUT2D eigenvalue weighted by Crippen LogP contribution is 2.52. The van der Waals surface area contributed by atoms with Gasteiger partial charge in [0.1, 0.15) is 0 Å². The molecule has 0 N–H and O–H groups in total. The Kier molecular flexibility index (Phi) is 13.3. The molecule has 0 spiro atoms. The smallest absolute Gasteiger partial charge is 0.0465 e. The van der Waals surface area contributed by atoms with Gasteiger partial charge < -0.3 is 9.80 Å². The van der Waals surface area contributed by atoms with E-state index in [-0.39, 0.29) is 5.41 Å². The molecule has 0 saturated heterocycles. The van der Waals surface area contributed by atoms with Crippen molar-refractivity contribution in [2.75, 3.05) is 9.80 Å². The van der Waals surface area contributed by atoms with Gasteiger partial charge in [-0.05, 0) is 185 Å². The SMILES string of the molecule is CC1(C)c2ccccc2-c2ccc(N(c3ccc(-c4cc(-c5ccccc5)c(-c5ccc(N(c6ccccc6)c6ccccc6)cc5)cc4-c4ccccc4)cc3)c3ccc(-c4c(-c5ccccc5)cccc4-c4ccccc4)cc3)cc21. The molecule has 1 aliphatic carbocycles. The molecule has 2 heteroatoms. The van der Waals surface area contributed by atoms with Crippen molar-refractivity contribution >= 4 is 34.1 Å². The number of benzene rings is 13. The molecular weight excluding hydrogens is 1000 g/mol. The average Bonchev–Trinajstić information content (AvgIpc) is 3.73. The highest BCUT2D eigenvalue weighted by molar-refractivity contribution is 5.98. The molecule has 0 aromatic heterocycles. The van der Waals surface area contributed by atoms with Crippen LogP contribution in [0.5, 0.6) is 0 Å². The minimum Gasteiger partial charge on any atom is -0.311 e. The number of rotatable bonds is 13. The maximum Gasteiger partial charge on any atom is 0.0465 e. The van der Waals surface area contributed by atoms with Crippen molar-refractivity contribution in [2.45, 2.75) is 19.3 Å². The monoisotopic (exact) mass is 1060 g/mol. The number of hydrogen-bond acceptors (Lipinski definition) is 2. The molecule has 0 saturated carbocycles. The van der Waals surface area contributed by atoms with Crippen LogP contribution in [0.4, 0.5) is 34.1 Å². The van der Waals surface area contributed by atoms with Crippen LogP contribution in [0.25, 0.3) is 89.0 Å². The molecule has 83 heavy (non-hydrogen) atoms. The highest BCUT2D eigenvalue weighted by atomic mass is 15.1. The van der Waals surface area contributed by atoms with Gasteiger partial charge in [0.05, 0.1) is 0 Å². The Morgan fingerprint density at radius 1 is 0.193 bits per heavy atom. The van der Waals surface area contributed by atoms with Crippen LogP contribution in [0.2, 0.25) is 0 Å². The van der Waals surface area contributed by atoms with Gasteiger partial charge in [-0.25, -0.2) is 0 Å². The van der Waals surface area contributed by atoms with E-state index in [4.69, 9.17) is 0 Å². The van der Waals surface area contributed by atoms with Gasteiger partial charge in [-0.2, -0.15) is 0 Å². The summed E-state index contributed by atoms with van der Waals surface area (Å²) >= 11 is 0. The number of fused-ring (bicyclic) bond motifs is 3. The lowest BCUT2D eigenvalue weighted by Gasteiger charge is -2.28. The Bertz CT molecular complexity index is 4290. The lowest BCUT2D eigenvalue weighted by molar-refractivity contribution is 0.660. The Morgan fingerprint density at radius 2 is 0.482 bits per heavy atom. The molecular formula is C81H60N2. The molecule has 0 atom stereocenters. The van der Waals surface area contributed by atoms with Gasteiger partial charge in [-0.3, -0.25) is 0 Å². The lowest BCUT2D eigenvalue weighted by atomic mass is 9.82. The van der Waals surface area contributed by atoms with E-state index in [9.17, 15) is 0 Å². The zero-order valence-corrected chi connectivity index (χ0v) is 46.6. The average molecular weight is 1060 g/mol. The van der Waals surface area contributed by atoms with Crippen LogP contribution in [-0.2, 0) is 5.41 Å². The van der Waals surface area contributed by atoms with Crippen LogP contribution in [0, 0.1) is 0 Å². The van der Waals surface area contributed by atoms with Crippen LogP contribution < -0.4 is 9.80 Å². The first kappa shape index (κ1) is 50.7. The fraction of sp³-hybridized carbons (Fsp3) is 0.0370. The maximum absolute atomic E-state index is 2.44. The summed E-state index contributed by atoms with van der Waals surface area (Å²) in [5.74, 6) is 0. The third-order valence-electron chi connectivity index (χ3n) is 16.7. The van der Waals surface area contributed by atoms with Crippen molar-refractivity contribution < 1.29 is 0 Å². The summed E-state index contributed by atoms with van der Waals surface area (Å²) in [5, 5.41) is 0. The normalized spacial score (nSPS) is 12.1. The molecule has 14 rings (SSSR count). The van der Waals surface area contributed by atoms with Crippen molar-refractivity contribution in [2.24, 2.45) is 0 Å². The van der Waals surface area contributed by atoms with Crippen molar-refractivity contribution in [3.8, 4) is 89.0 Å². The van der Waals surface area contributed by atoms with Crippen molar-refractivity contribution in [3.63, 3.8) is 0 Å². The van der Waals surface area contributed by atoms with Crippen LogP contribution in [0.3, 0.4) is 0 Å². The standard InChI is InChI=1S/C81H60N2/c1-81(2)78-39-22-21-36-72(78)73-53-52-69(54-79(73)81)83(68-50-44-63(45-51-68)80-70(57-24-9-3-10-25-57)37-23-38-71(80)58-26-11-4-12-27-58)67-48-42-62(43-49-67)77-56-74(59-28-13-5-14-29-59)76(55-75(77)60-30-15-6-16-31-60)61-40-46-66(47-41-61)82(64-32-17-7-18-33-64)65-34-19-8-20-35-65/h3-56H,1-2H3. The first-order chi connectivity index (χ1) is 40.9. The van der Waals surface area contributed by atoms with Crippen LogP contribution >= 0.6 is 0 Å². The predicted molar refractivity (Wildman–Crippen MR) is 351 cm³/mol. The Morgan fingerprint density at radius 3 is 0.904 bits per heavy atom. The molecule has 0 heterocycles. The second-order valence-corrected chi connectivity index (χ2v) is 22.0. The van der Waals surface area contributed by atoms with Gasteiger partial charge in [0.25, 0.3) is 0 Å². The number of para-hydroxylation sites is 2. The molecule has 0 radical (unpaired) electrons. The zero-order chi connectivity index (χ0) is 55.7. The molecule has 0 bridgehead atoms. The second kappa shape index (κ2) is 21.8. The van der Waals surface area contributed by atoms with Gasteiger partial charge >= 0.3 is 0 Å². The minimum atomic E-state index is -0.167. The quantitative estimate of drug-likeness (QED) is 0.114. The van der Waals surface area contributed by atoms with Gasteiger partial charge in [0.2, 0.25) is 0 Å². The Balaban J connectivity index is 0.898. The van der Waals surface area contributed by atoms with E-state index in [1.165, 1.54) is 72.3 Å². The summed E-state index contributed by atoms with van der Waals surface area (Å²) in [7, 11) is 0.